The van der Waals surface area contributed by atoms with E-state index in [1.165, 1.54) is 122 Å². The van der Waals surface area contributed by atoms with Crippen LogP contribution in [-0.2, 0) is 28.5 Å². The van der Waals surface area contributed by atoms with Crippen LogP contribution >= 0.6 is 0 Å². The second kappa shape index (κ2) is 42.6. The Labute approximate surface area is 378 Å². The van der Waals surface area contributed by atoms with Gasteiger partial charge in [-0.3, -0.25) is 9.59 Å². The molecule has 1 heterocycles. The van der Waals surface area contributed by atoms with E-state index < -0.39 is 49.4 Å². The summed E-state index contributed by atoms with van der Waals surface area (Å²) in [6.45, 7) is 3.29. The number of unbranched alkanes of at least 4 members (excludes halogenated alkanes) is 23. The quantitative estimate of drug-likeness (QED) is 0.0265. The minimum absolute atomic E-state index is 0.178. The molecule has 1 saturated heterocycles. The zero-order valence-corrected chi connectivity index (χ0v) is 39.4. The molecule has 1 aliphatic heterocycles. The standard InChI is InChI=1S/C52H92O10/c1-3-5-7-9-11-13-15-17-19-20-21-22-23-24-25-27-28-30-32-34-36-38-40-47(54)59-43-45(44-60-52-51(58)50(57)49(56)46(42-53)62-52)61-48(55)41-39-37-35-33-31-29-26-18-16-14-12-10-8-6-4-2/h6,8,12,14,18,26,31,33,45-46,49-53,56-58H,3-5,7,9-11,13,15-17,19-25,27-30,32,34-44H2,1-2H3/b8-6+,14-12+,26-18+,33-31+/t45-,46-,49+,50?,51?,52-/m0/s1. The van der Waals surface area contributed by atoms with Gasteiger partial charge in [0.25, 0.3) is 0 Å². The maximum atomic E-state index is 12.8. The molecule has 0 aromatic rings. The fourth-order valence-corrected chi connectivity index (χ4v) is 7.53. The lowest BCUT2D eigenvalue weighted by atomic mass is 9.99. The lowest BCUT2D eigenvalue weighted by Gasteiger charge is -2.39. The lowest BCUT2D eigenvalue weighted by molar-refractivity contribution is -0.305. The van der Waals surface area contributed by atoms with E-state index in [0.29, 0.717) is 6.42 Å². The van der Waals surface area contributed by atoms with Crippen LogP contribution in [-0.4, -0.2) is 89.0 Å². The number of aliphatic hydroxyl groups excluding tert-OH is 4. The number of rotatable bonds is 42. The van der Waals surface area contributed by atoms with E-state index in [4.69, 9.17) is 18.9 Å². The highest BCUT2D eigenvalue weighted by atomic mass is 16.7. The number of carbonyl (C=O) groups is 2. The summed E-state index contributed by atoms with van der Waals surface area (Å²) >= 11 is 0. The lowest BCUT2D eigenvalue weighted by Crippen LogP contribution is -2.59. The molecular weight excluding hydrogens is 785 g/mol. The van der Waals surface area contributed by atoms with Crippen molar-refractivity contribution in [3.05, 3.63) is 48.6 Å². The minimum Gasteiger partial charge on any atom is -0.462 e. The molecule has 10 heteroatoms. The molecule has 360 valence electrons. The molecule has 0 aromatic carbocycles. The molecule has 10 nitrogen and oxygen atoms in total. The summed E-state index contributed by atoms with van der Waals surface area (Å²) in [5.41, 5.74) is 0. The van der Waals surface area contributed by atoms with Crippen molar-refractivity contribution in [2.75, 3.05) is 19.8 Å². The van der Waals surface area contributed by atoms with Gasteiger partial charge in [0.15, 0.2) is 12.4 Å². The van der Waals surface area contributed by atoms with Gasteiger partial charge in [-0.15, -0.1) is 0 Å². The Kier molecular flexibility index (Phi) is 39.6. The first kappa shape index (κ1) is 57.7. The van der Waals surface area contributed by atoms with Gasteiger partial charge in [0.05, 0.1) is 13.2 Å². The highest BCUT2D eigenvalue weighted by Crippen LogP contribution is 2.23. The third kappa shape index (κ3) is 33.2. The Hall–Kier alpha value is -2.34. The van der Waals surface area contributed by atoms with Crippen molar-refractivity contribution in [3.8, 4) is 0 Å². The van der Waals surface area contributed by atoms with Crippen LogP contribution in [0.5, 0.6) is 0 Å². The Balaban J connectivity index is 2.26. The Morgan fingerprint density at radius 3 is 1.44 bits per heavy atom. The van der Waals surface area contributed by atoms with Crippen molar-refractivity contribution in [3.63, 3.8) is 0 Å². The van der Waals surface area contributed by atoms with Crippen molar-refractivity contribution >= 4 is 11.9 Å². The smallest absolute Gasteiger partial charge is 0.306 e. The predicted molar refractivity (Wildman–Crippen MR) is 252 cm³/mol. The van der Waals surface area contributed by atoms with Crippen LogP contribution in [0.1, 0.15) is 213 Å². The second-order valence-electron chi connectivity index (χ2n) is 17.2. The number of carbonyl (C=O) groups excluding carboxylic acids is 2. The molecule has 0 aromatic heterocycles. The fourth-order valence-electron chi connectivity index (χ4n) is 7.53. The van der Waals surface area contributed by atoms with Gasteiger partial charge in [-0.1, -0.05) is 197 Å². The van der Waals surface area contributed by atoms with Crippen LogP contribution in [0.4, 0.5) is 0 Å². The molecule has 1 aliphatic rings. The third-order valence-corrected chi connectivity index (χ3v) is 11.5. The van der Waals surface area contributed by atoms with Gasteiger partial charge in [0.2, 0.25) is 0 Å². The Morgan fingerprint density at radius 1 is 0.516 bits per heavy atom. The minimum atomic E-state index is -1.60. The van der Waals surface area contributed by atoms with Gasteiger partial charge >= 0.3 is 11.9 Å². The zero-order valence-electron chi connectivity index (χ0n) is 39.4. The Morgan fingerprint density at radius 2 is 0.952 bits per heavy atom. The molecule has 62 heavy (non-hydrogen) atoms. The van der Waals surface area contributed by atoms with Crippen molar-refractivity contribution in [1.29, 1.82) is 0 Å². The highest BCUT2D eigenvalue weighted by molar-refractivity contribution is 5.70. The van der Waals surface area contributed by atoms with Crippen molar-refractivity contribution in [2.24, 2.45) is 0 Å². The first-order valence-corrected chi connectivity index (χ1v) is 25.2. The molecule has 6 atom stereocenters. The fraction of sp³-hybridized carbons (Fsp3) is 0.808. The molecule has 0 amide bonds. The normalized spacial score (nSPS) is 20.0. The van der Waals surface area contributed by atoms with Crippen LogP contribution < -0.4 is 0 Å². The molecular formula is C52H92O10. The van der Waals surface area contributed by atoms with Crippen LogP contribution in [0.25, 0.3) is 0 Å². The monoisotopic (exact) mass is 877 g/mol. The molecule has 0 saturated carbocycles. The highest BCUT2D eigenvalue weighted by Gasteiger charge is 2.44. The van der Waals surface area contributed by atoms with Gasteiger partial charge in [0, 0.05) is 12.8 Å². The molecule has 1 fully saturated rings. The zero-order chi connectivity index (χ0) is 45.1. The van der Waals surface area contributed by atoms with E-state index in [1.54, 1.807) is 0 Å². The van der Waals surface area contributed by atoms with Gasteiger partial charge in [-0.2, -0.15) is 0 Å². The molecule has 0 radical (unpaired) electrons. The van der Waals surface area contributed by atoms with E-state index in [1.807, 2.05) is 0 Å². The number of ether oxygens (including phenoxy) is 4. The van der Waals surface area contributed by atoms with Crippen LogP contribution in [0.3, 0.4) is 0 Å². The predicted octanol–water partition coefficient (Wildman–Crippen LogP) is 11.6. The molecule has 0 aliphatic carbocycles. The first-order valence-electron chi connectivity index (χ1n) is 25.2. The molecule has 2 unspecified atom stereocenters. The first-order chi connectivity index (χ1) is 30.3. The molecule has 1 rings (SSSR count). The maximum absolute atomic E-state index is 12.8. The van der Waals surface area contributed by atoms with Crippen LogP contribution in [0, 0.1) is 0 Å². The van der Waals surface area contributed by atoms with E-state index in [0.717, 1.165) is 57.8 Å². The maximum Gasteiger partial charge on any atom is 0.306 e. The number of esters is 2. The SMILES string of the molecule is CC/C=C/C/C=C/C/C=C/C/C=C/CCCCC(=O)O[C@@H](COC(=O)CCCCCCCCCCCCCCCCCCCCCCCC)CO[C@H]1O[C@@H](CO)[C@@H](O)C(O)C1O. The van der Waals surface area contributed by atoms with Crippen LogP contribution in [0.15, 0.2) is 48.6 Å². The Bertz CT molecular complexity index is 1150. The summed E-state index contributed by atoms with van der Waals surface area (Å²) < 4.78 is 22.2. The van der Waals surface area contributed by atoms with Crippen molar-refractivity contribution in [1.82, 2.24) is 0 Å². The second-order valence-corrected chi connectivity index (χ2v) is 17.2. The van der Waals surface area contributed by atoms with E-state index in [-0.39, 0.29) is 32.0 Å². The third-order valence-electron chi connectivity index (χ3n) is 11.5. The van der Waals surface area contributed by atoms with E-state index in [9.17, 15) is 30.0 Å². The molecule has 0 spiro atoms. The average Bonchev–Trinajstić information content (AvgIpc) is 3.27. The number of aliphatic hydroxyl groups is 4. The summed E-state index contributed by atoms with van der Waals surface area (Å²) in [5.74, 6) is -0.849. The topological polar surface area (TPSA) is 152 Å². The van der Waals surface area contributed by atoms with E-state index in [2.05, 4.69) is 62.5 Å². The van der Waals surface area contributed by atoms with Gasteiger partial charge in [-0.05, 0) is 51.4 Å². The molecule has 0 bridgehead atoms. The van der Waals surface area contributed by atoms with Crippen molar-refractivity contribution in [2.45, 2.75) is 250 Å². The number of hydrogen-bond acceptors (Lipinski definition) is 10. The largest absolute Gasteiger partial charge is 0.462 e. The van der Waals surface area contributed by atoms with Gasteiger partial charge in [0.1, 0.15) is 31.0 Å². The van der Waals surface area contributed by atoms with Gasteiger partial charge in [-0.25, -0.2) is 0 Å². The summed E-state index contributed by atoms with van der Waals surface area (Å²) in [6, 6.07) is 0. The summed E-state index contributed by atoms with van der Waals surface area (Å²) in [4.78, 5) is 25.4. The summed E-state index contributed by atoms with van der Waals surface area (Å²) in [7, 11) is 0. The van der Waals surface area contributed by atoms with Crippen LogP contribution in [0.2, 0.25) is 0 Å². The van der Waals surface area contributed by atoms with Crippen molar-refractivity contribution < 1.29 is 49.0 Å². The van der Waals surface area contributed by atoms with E-state index >= 15 is 0 Å². The van der Waals surface area contributed by atoms with Gasteiger partial charge < -0.3 is 39.4 Å². The summed E-state index contributed by atoms with van der Waals surface area (Å²) in [6.07, 6.45) is 44.2. The number of hydrogen-bond donors (Lipinski definition) is 4. The average molecular weight is 877 g/mol. The summed E-state index contributed by atoms with van der Waals surface area (Å²) in [5, 5.41) is 40.1. The molecule has 4 N–H and O–H groups in total. The number of allylic oxidation sites excluding steroid dienone is 8.